The summed E-state index contributed by atoms with van der Waals surface area (Å²) in [4.78, 5) is 27.7. The third-order valence-electron chi connectivity index (χ3n) is 4.52. The Kier molecular flexibility index (Phi) is 5.72. The van der Waals surface area contributed by atoms with E-state index >= 15 is 0 Å². The van der Waals surface area contributed by atoms with Crippen molar-refractivity contribution >= 4 is 28.1 Å². The molecule has 0 bridgehead atoms. The van der Waals surface area contributed by atoms with E-state index in [1.807, 2.05) is 30.3 Å². The fourth-order valence-electron chi connectivity index (χ4n) is 2.90. The van der Waals surface area contributed by atoms with Gasteiger partial charge in [0.05, 0.1) is 10.6 Å². The SMILES string of the molecule is Cc1ccc(-c2csc(NC(=O)c3ccc(Oc4ccccc4)cc3)n2)cc1[N+](=O)[O-]. The van der Waals surface area contributed by atoms with Gasteiger partial charge >= 0.3 is 0 Å². The van der Waals surface area contributed by atoms with Gasteiger partial charge in [0.2, 0.25) is 0 Å². The Balaban J connectivity index is 1.44. The lowest BCUT2D eigenvalue weighted by Gasteiger charge is -2.06. The molecule has 0 unspecified atom stereocenters. The van der Waals surface area contributed by atoms with Crippen LogP contribution < -0.4 is 10.1 Å². The maximum Gasteiger partial charge on any atom is 0.272 e. The molecule has 0 saturated carbocycles. The molecule has 1 aromatic heterocycles. The number of aryl methyl sites for hydroxylation is 1. The van der Waals surface area contributed by atoms with Crippen molar-refractivity contribution < 1.29 is 14.5 Å². The van der Waals surface area contributed by atoms with E-state index in [1.54, 1.807) is 48.7 Å². The molecule has 1 heterocycles. The van der Waals surface area contributed by atoms with E-state index < -0.39 is 4.92 Å². The van der Waals surface area contributed by atoms with Gasteiger partial charge in [0.25, 0.3) is 11.6 Å². The first-order valence-electron chi connectivity index (χ1n) is 9.35. The van der Waals surface area contributed by atoms with E-state index in [0.29, 0.717) is 39.0 Å². The minimum Gasteiger partial charge on any atom is -0.457 e. The van der Waals surface area contributed by atoms with Gasteiger partial charge in [-0.2, -0.15) is 0 Å². The molecule has 0 atom stereocenters. The zero-order valence-corrected chi connectivity index (χ0v) is 17.3. The second-order valence-corrected chi connectivity index (χ2v) is 7.55. The standard InChI is InChI=1S/C23H17N3O4S/c1-15-7-8-17(13-21(15)26(28)29)20-14-31-23(24-20)25-22(27)16-9-11-19(12-10-16)30-18-5-3-2-4-6-18/h2-14H,1H3,(H,24,25,27). The Morgan fingerprint density at radius 1 is 1.03 bits per heavy atom. The summed E-state index contributed by atoms with van der Waals surface area (Å²) in [5.74, 6) is 1.04. The highest BCUT2D eigenvalue weighted by Gasteiger charge is 2.15. The van der Waals surface area contributed by atoms with Crippen molar-refractivity contribution in [2.24, 2.45) is 0 Å². The molecule has 0 spiro atoms. The molecular weight excluding hydrogens is 414 g/mol. The van der Waals surface area contributed by atoms with Crippen LogP contribution in [0.25, 0.3) is 11.3 Å². The second kappa shape index (κ2) is 8.76. The number of anilines is 1. The Labute approximate surface area is 182 Å². The Morgan fingerprint density at radius 2 is 1.74 bits per heavy atom. The lowest BCUT2D eigenvalue weighted by atomic mass is 10.1. The maximum atomic E-state index is 12.5. The van der Waals surface area contributed by atoms with Crippen LogP contribution in [0.15, 0.2) is 78.2 Å². The molecule has 0 saturated heterocycles. The fraction of sp³-hybridized carbons (Fsp3) is 0.0435. The largest absolute Gasteiger partial charge is 0.457 e. The second-order valence-electron chi connectivity index (χ2n) is 6.69. The summed E-state index contributed by atoms with van der Waals surface area (Å²) in [5, 5.41) is 16.1. The number of carbonyl (C=O) groups excluding carboxylic acids is 1. The highest BCUT2D eigenvalue weighted by molar-refractivity contribution is 7.14. The van der Waals surface area contributed by atoms with Crippen LogP contribution in [-0.2, 0) is 0 Å². The smallest absolute Gasteiger partial charge is 0.272 e. The molecule has 0 fully saturated rings. The van der Waals surface area contributed by atoms with Crippen LogP contribution in [-0.4, -0.2) is 15.8 Å². The number of para-hydroxylation sites is 1. The fourth-order valence-corrected chi connectivity index (χ4v) is 3.61. The van der Waals surface area contributed by atoms with Crippen molar-refractivity contribution in [1.82, 2.24) is 4.98 Å². The summed E-state index contributed by atoms with van der Waals surface area (Å²) >= 11 is 1.25. The average molecular weight is 431 g/mol. The van der Waals surface area contributed by atoms with Crippen LogP contribution >= 0.6 is 11.3 Å². The Bertz CT molecular complexity index is 1240. The molecule has 7 nitrogen and oxygen atoms in total. The summed E-state index contributed by atoms with van der Waals surface area (Å²) in [5.41, 5.74) is 2.26. The van der Waals surface area contributed by atoms with Gasteiger partial charge in [-0.05, 0) is 43.3 Å². The third kappa shape index (κ3) is 4.76. The van der Waals surface area contributed by atoms with Gasteiger partial charge < -0.3 is 4.74 Å². The number of nitrogens with zero attached hydrogens (tertiary/aromatic N) is 2. The summed E-state index contributed by atoms with van der Waals surface area (Å²) in [6.07, 6.45) is 0. The molecule has 3 aromatic carbocycles. The maximum absolute atomic E-state index is 12.5. The van der Waals surface area contributed by atoms with Crippen LogP contribution in [0.2, 0.25) is 0 Å². The van der Waals surface area contributed by atoms with Crippen molar-refractivity contribution in [1.29, 1.82) is 0 Å². The Morgan fingerprint density at radius 3 is 2.45 bits per heavy atom. The zero-order valence-electron chi connectivity index (χ0n) is 16.4. The lowest BCUT2D eigenvalue weighted by Crippen LogP contribution is -2.11. The van der Waals surface area contributed by atoms with Crippen molar-refractivity contribution in [2.75, 3.05) is 5.32 Å². The van der Waals surface area contributed by atoms with Gasteiger partial charge in [0, 0.05) is 28.1 Å². The molecular formula is C23H17N3O4S. The number of nitro benzene ring substituents is 1. The number of amides is 1. The number of thiazole rings is 1. The van der Waals surface area contributed by atoms with E-state index in [9.17, 15) is 14.9 Å². The number of carbonyl (C=O) groups is 1. The van der Waals surface area contributed by atoms with Crippen molar-refractivity contribution in [3.63, 3.8) is 0 Å². The highest BCUT2D eigenvalue weighted by atomic mass is 32.1. The summed E-state index contributed by atoms with van der Waals surface area (Å²) in [6, 6.07) is 21.1. The van der Waals surface area contributed by atoms with E-state index in [2.05, 4.69) is 10.3 Å². The van der Waals surface area contributed by atoms with Crippen LogP contribution in [0.5, 0.6) is 11.5 Å². The minimum atomic E-state index is -0.418. The van der Waals surface area contributed by atoms with E-state index in [-0.39, 0.29) is 11.6 Å². The van der Waals surface area contributed by atoms with E-state index in [1.165, 1.54) is 17.4 Å². The van der Waals surface area contributed by atoms with Gasteiger partial charge in [-0.3, -0.25) is 20.2 Å². The van der Waals surface area contributed by atoms with Crippen LogP contribution in [0.4, 0.5) is 10.8 Å². The van der Waals surface area contributed by atoms with Gasteiger partial charge in [-0.25, -0.2) is 4.98 Å². The van der Waals surface area contributed by atoms with Gasteiger partial charge in [0.1, 0.15) is 11.5 Å². The van der Waals surface area contributed by atoms with Crippen LogP contribution in [0.1, 0.15) is 15.9 Å². The van der Waals surface area contributed by atoms with Crippen molar-refractivity contribution in [2.45, 2.75) is 6.92 Å². The molecule has 1 N–H and O–H groups in total. The zero-order chi connectivity index (χ0) is 21.8. The van der Waals surface area contributed by atoms with Crippen LogP contribution in [0, 0.1) is 17.0 Å². The highest BCUT2D eigenvalue weighted by Crippen LogP contribution is 2.29. The topological polar surface area (TPSA) is 94.4 Å². The quantitative estimate of drug-likeness (QED) is 0.295. The minimum absolute atomic E-state index is 0.0360. The average Bonchev–Trinajstić information content (AvgIpc) is 3.23. The third-order valence-corrected chi connectivity index (χ3v) is 5.28. The molecule has 4 rings (SSSR count). The molecule has 0 aliphatic rings. The molecule has 4 aromatic rings. The first-order chi connectivity index (χ1) is 15.0. The van der Waals surface area contributed by atoms with E-state index in [4.69, 9.17) is 4.74 Å². The molecule has 8 heteroatoms. The lowest BCUT2D eigenvalue weighted by molar-refractivity contribution is -0.385. The molecule has 0 aliphatic carbocycles. The van der Waals surface area contributed by atoms with Gasteiger partial charge in [0.15, 0.2) is 5.13 Å². The van der Waals surface area contributed by atoms with Crippen molar-refractivity contribution in [3.05, 3.63) is 99.4 Å². The molecule has 1 amide bonds. The Hall–Kier alpha value is -4.04. The molecule has 0 radical (unpaired) electrons. The van der Waals surface area contributed by atoms with Gasteiger partial charge in [-0.1, -0.05) is 30.3 Å². The van der Waals surface area contributed by atoms with Crippen molar-refractivity contribution in [3.8, 4) is 22.8 Å². The number of nitro groups is 1. The number of hydrogen-bond donors (Lipinski definition) is 1. The summed E-state index contributed by atoms with van der Waals surface area (Å²) in [7, 11) is 0. The molecule has 154 valence electrons. The summed E-state index contributed by atoms with van der Waals surface area (Å²) < 4.78 is 5.73. The number of nitrogens with one attached hydrogen (secondary N) is 1. The number of aromatic nitrogens is 1. The van der Waals surface area contributed by atoms with E-state index in [0.717, 1.165) is 0 Å². The normalized spacial score (nSPS) is 10.5. The molecule has 0 aliphatic heterocycles. The first-order valence-corrected chi connectivity index (χ1v) is 10.2. The number of hydrogen-bond acceptors (Lipinski definition) is 6. The number of rotatable bonds is 6. The first kappa shape index (κ1) is 20.2. The predicted molar refractivity (Wildman–Crippen MR) is 120 cm³/mol. The van der Waals surface area contributed by atoms with Gasteiger partial charge in [-0.15, -0.1) is 11.3 Å². The molecule has 31 heavy (non-hydrogen) atoms. The predicted octanol–water partition coefficient (Wildman–Crippen LogP) is 6.07. The number of benzene rings is 3. The van der Waals surface area contributed by atoms with Crippen LogP contribution in [0.3, 0.4) is 0 Å². The monoisotopic (exact) mass is 431 g/mol. The number of ether oxygens (including phenoxy) is 1. The summed E-state index contributed by atoms with van der Waals surface area (Å²) in [6.45, 7) is 1.69.